The predicted molar refractivity (Wildman–Crippen MR) is 72.4 cm³/mol. The Morgan fingerprint density at radius 1 is 1.35 bits per heavy atom. The lowest BCUT2D eigenvalue weighted by Gasteiger charge is -2.29. The van der Waals surface area contributed by atoms with Crippen LogP contribution in [0.25, 0.3) is 0 Å². The molecule has 1 N–H and O–H groups in total. The van der Waals surface area contributed by atoms with Crippen LogP contribution in [0.3, 0.4) is 0 Å². The first kappa shape index (κ1) is 14.5. The highest BCUT2D eigenvalue weighted by Gasteiger charge is 2.24. The summed E-state index contributed by atoms with van der Waals surface area (Å²) in [5, 5.41) is 6.95. The molecule has 1 fully saturated rings. The quantitative estimate of drug-likeness (QED) is 0.829. The number of carbonyl (C=O) groups excluding carboxylic acids is 2. The van der Waals surface area contributed by atoms with Crippen molar-refractivity contribution < 1.29 is 14.1 Å². The zero-order chi connectivity index (χ0) is 14.7. The summed E-state index contributed by atoms with van der Waals surface area (Å²) in [6, 6.07) is 0. The van der Waals surface area contributed by atoms with Crippen LogP contribution in [0.1, 0.15) is 21.8 Å². The first-order valence-electron chi connectivity index (χ1n) is 6.67. The van der Waals surface area contributed by atoms with Crippen molar-refractivity contribution in [3.8, 4) is 0 Å². The van der Waals surface area contributed by atoms with Gasteiger partial charge in [-0.1, -0.05) is 5.16 Å². The average Bonchev–Trinajstić information content (AvgIpc) is 2.78. The van der Waals surface area contributed by atoms with Crippen LogP contribution in [0.4, 0.5) is 0 Å². The van der Waals surface area contributed by atoms with Crippen LogP contribution in [0.5, 0.6) is 0 Å². The molecule has 7 heteroatoms. The molecule has 1 aliphatic rings. The van der Waals surface area contributed by atoms with Crippen molar-refractivity contribution in [2.24, 2.45) is 0 Å². The number of nitrogens with zero attached hydrogens (tertiary/aromatic N) is 3. The van der Waals surface area contributed by atoms with Gasteiger partial charge in [-0.15, -0.1) is 0 Å². The number of aromatic nitrogens is 1. The van der Waals surface area contributed by atoms with Gasteiger partial charge in [0.1, 0.15) is 11.3 Å². The van der Waals surface area contributed by atoms with E-state index in [0.29, 0.717) is 30.1 Å². The molecule has 2 heterocycles. The minimum atomic E-state index is -0.232. The van der Waals surface area contributed by atoms with Crippen molar-refractivity contribution in [2.45, 2.75) is 13.8 Å². The highest BCUT2D eigenvalue weighted by Crippen LogP contribution is 2.14. The van der Waals surface area contributed by atoms with Crippen LogP contribution in [-0.4, -0.2) is 66.5 Å². The molecule has 110 valence electrons. The number of likely N-dealkylation sites (N-methyl/N-ethyl adjacent to an activating group) is 1. The van der Waals surface area contributed by atoms with Gasteiger partial charge in [0.05, 0.1) is 12.2 Å². The predicted octanol–water partition coefficient (Wildman–Crippen LogP) is -0.205. The number of nitrogens with one attached hydrogen (secondary N) is 1. The third-order valence-corrected chi connectivity index (χ3v) is 3.44. The Hall–Kier alpha value is -1.89. The summed E-state index contributed by atoms with van der Waals surface area (Å²) in [5.74, 6) is 0.216. The number of carbonyl (C=O) groups is 2. The van der Waals surface area contributed by atoms with Gasteiger partial charge in [0.2, 0.25) is 5.91 Å². The second-order valence-corrected chi connectivity index (χ2v) is 4.99. The smallest absolute Gasteiger partial charge is 0.259 e. The van der Waals surface area contributed by atoms with E-state index in [9.17, 15) is 9.59 Å². The van der Waals surface area contributed by atoms with Gasteiger partial charge >= 0.3 is 0 Å². The lowest BCUT2D eigenvalue weighted by molar-refractivity contribution is -0.132. The van der Waals surface area contributed by atoms with E-state index in [4.69, 9.17) is 4.52 Å². The number of aryl methyl sites for hydroxylation is 2. The Morgan fingerprint density at radius 2 is 2.00 bits per heavy atom. The summed E-state index contributed by atoms with van der Waals surface area (Å²) in [5.41, 5.74) is 0.995. The average molecular weight is 280 g/mol. The molecular formula is C13H20N4O3. The Labute approximate surface area is 117 Å². The lowest BCUT2D eigenvalue weighted by Crippen LogP contribution is -2.49. The van der Waals surface area contributed by atoms with Gasteiger partial charge in [0.15, 0.2) is 0 Å². The summed E-state index contributed by atoms with van der Waals surface area (Å²) in [6.07, 6.45) is 0. The molecule has 7 nitrogen and oxygen atoms in total. The summed E-state index contributed by atoms with van der Waals surface area (Å²) in [7, 11) is 1.62. The molecule has 2 rings (SSSR count). The Bertz CT molecular complexity index is 486. The van der Waals surface area contributed by atoms with Crippen molar-refractivity contribution in [3.05, 3.63) is 17.0 Å². The van der Waals surface area contributed by atoms with Gasteiger partial charge in [-0.25, -0.2) is 0 Å². The molecule has 1 saturated heterocycles. The summed E-state index contributed by atoms with van der Waals surface area (Å²) in [6.45, 7) is 6.46. The highest BCUT2D eigenvalue weighted by molar-refractivity contribution is 5.97. The third-order valence-electron chi connectivity index (χ3n) is 3.44. The molecule has 1 aromatic heterocycles. The molecule has 20 heavy (non-hydrogen) atoms. The van der Waals surface area contributed by atoms with Crippen LogP contribution in [0.2, 0.25) is 0 Å². The van der Waals surface area contributed by atoms with E-state index in [2.05, 4.69) is 10.5 Å². The first-order valence-corrected chi connectivity index (χ1v) is 6.67. The number of amides is 2. The molecule has 0 bridgehead atoms. The molecule has 0 saturated carbocycles. The van der Waals surface area contributed by atoms with E-state index in [0.717, 1.165) is 13.1 Å². The van der Waals surface area contributed by atoms with Crippen molar-refractivity contribution in [1.29, 1.82) is 0 Å². The molecule has 0 atom stereocenters. The molecule has 1 aliphatic heterocycles. The topological polar surface area (TPSA) is 78.7 Å². The molecule has 2 amide bonds. The normalized spacial score (nSPS) is 15.2. The second-order valence-electron chi connectivity index (χ2n) is 4.99. The fourth-order valence-corrected chi connectivity index (χ4v) is 2.27. The van der Waals surface area contributed by atoms with Crippen molar-refractivity contribution >= 4 is 11.8 Å². The van der Waals surface area contributed by atoms with E-state index in [1.165, 1.54) is 4.90 Å². The van der Waals surface area contributed by atoms with E-state index in [-0.39, 0.29) is 18.4 Å². The fraction of sp³-hybridized carbons (Fsp3) is 0.615. The third kappa shape index (κ3) is 2.98. The Balaban J connectivity index is 1.99. The van der Waals surface area contributed by atoms with Crippen molar-refractivity contribution in [2.75, 3.05) is 39.8 Å². The lowest BCUT2D eigenvalue weighted by atomic mass is 10.2. The highest BCUT2D eigenvalue weighted by atomic mass is 16.5. The molecule has 0 aliphatic carbocycles. The van der Waals surface area contributed by atoms with Crippen molar-refractivity contribution in [3.63, 3.8) is 0 Å². The summed E-state index contributed by atoms with van der Waals surface area (Å²) < 4.78 is 4.99. The van der Waals surface area contributed by atoms with Crippen LogP contribution in [-0.2, 0) is 4.79 Å². The summed E-state index contributed by atoms with van der Waals surface area (Å²) in [4.78, 5) is 27.6. The number of hydrogen-bond acceptors (Lipinski definition) is 5. The van der Waals surface area contributed by atoms with E-state index in [1.807, 2.05) is 0 Å². The second kappa shape index (κ2) is 6.04. The van der Waals surface area contributed by atoms with Crippen LogP contribution in [0, 0.1) is 13.8 Å². The molecule has 0 radical (unpaired) electrons. The van der Waals surface area contributed by atoms with E-state index in [1.54, 1.807) is 25.8 Å². The molecule has 0 spiro atoms. The van der Waals surface area contributed by atoms with Gasteiger partial charge in [-0.3, -0.25) is 9.59 Å². The monoisotopic (exact) mass is 280 g/mol. The minimum Gasteiger partial charge on any atom is -0.361 e. The standard InChI is InChI=1S/C13H20N4O3/c1-9-12(10(2)20-15-9)13(19)16(3)8-11(18)17-6-4-14-5-7-17/h14H,4-8H2,1-3H3. The number of rotatable bonds is 3. The van der Waals surface area contributed by atoms with E-state index >= 15 is 0 Å². The molecule has 1 aromatic rings. The maximum absolute atomic E-state index is 12.3. The fourth-order valence-electron chi connectivity index (χ4n) is 2.27. The Kier molecular flexibility index (Phi) is 4.39. The van der Waals surface area contributed by atoms with E-state index < -0.39 is 0 Å². The van der Waals surface area contributed by atoms with Gasteiger partial charge < -0.3 is 19.6 Å². The van der Waals surface area contributed by atoms with Crippen LogP contribution < -0.4 is 5.32 Å². The zero-order valence-corrected chi connectivity index (χ0v) is 12.1. The SMILES string of the molecule is Cc1noc(C)c1C(=O)N(C)CC(=O)N1CCNCC1. The Morgan fingerprint density at radius 3 is 2.55 bits per heavy atom. The molecule has 0 aromatic carbocycles. The minimum absolute atomic E-state index is 0.0332. The zero-order valence-electron chi connectivity index (χ0n) is 12.1. The van der Waals surface area contributed by atoms with Gasteiger partial charge in [-0.05, 0) is 13.8 Å². The number of hydrogen-bond donors (Lipinski definition) is 1. The van der Waals surface area contributed by atoms with Crippen LogP contribution in [0.15, 0.2) is 4.52 Å². The summed E-state index contributed by atoms with van der Waals surface area (Å²) >= 11 is 0. The first-order chi connectivity index (χ1) is 9.50. The largest absolute Gasteiger partial charge is 0.361 e. The molecule has 0 unspecified atom stereocenters. The van der Waals surface area contributed by atoms with Gasteiger partial charge in [0, 0.05) is 33.2 Å². The van der Waals surface area contributed by atoms with Gasteiger partial charge in [-0.2, -0.15) is 0 Å². The maximum atomic E-state index is 12.3. The van der Waals surface area contributed by atoms with Gasteiger partial charge in [0.25, 0.3) is 5.91 Å². The number of piperazine rings is 1. The van der Waals surface area contributed by atoms with Crippen LogP contribution >= 0.6 is 0 Å². The molecular weight excluding hydrogens is 260 g/mol. The maximum Gasteiger partial charge on any atom is 0.259 e. The van der Waals surface area contributed by atoms with Crippen molar-refractivity contribution in [1.82, 2.24) is 20.3 Å².